The highest BCUT2D eigenvalue weighted by Crippen LogP contribution is 2.28. The van der Waals surface area contributed by atoms with Gasteiger partial charge in [0.15, 0.2) is 0 Å². The lowest BCUT2D eigenvalue weighted by Crippen LogP contribution is -2.50. The van der Waals surface area contributed by atoms with Gasteiger partial charge in [0, 0.05) is 5.54 Å². The summed E-state index contributed by atoms with van der Waals surface area (Å²) in [5.41, 5.74) is -1.15. The van der Waals surface area contributed by atoms with Gasteiger partial charge in [-0.25, -0.2) is 0 Å². The third-order valence-electron chi connectivity index (χ3n) is 4.39. The highest BCUT2D eigenvalue weighted by Gasteiger charge is 2.31. The summed E-state index contributed by atoms with van der Waals surface area (Å²) in [6.45, 7) is 12.1. The van der Waals surface area contributed by atoms with Crippen LogP contribution in [0.15, 0.2) is 0 Å². The fourth-order valence-electron chi connectivity index (χ4n) is 3.03. The molecule has 3 nitrogen and oxygen atoms in total. The molecule has 0 radical (unpaired) electrons. The Balaban J connectivity index is 4.59. The molecule has 1 unspecified atom stereocenters. The molecule has 0 saturated carbocycles. The van der Waals surface area contributed by atoms with Crippen LogP contribution in [0.4, 0.5) is 0 Å². The van der Waals surface area contributed by atoms with Gasteiger partial charge in [-0.1, -0.05) is 52.4 Å². The highest BCUT2D eigenvalue weighted by molar-refractivity contribution is 5.77. The molecule has 0 aromatic rings. The van der Waals surface area contributed by atoms with Crippen LogP contribution >= 0.6 is 0 Å². The third-order valence-corrected chi connectivity index (χ3v) is 4.39. The van der Waals surface area contributed by atoms with E-state index in [2.05, 4.69) is 33.0 Å². The lowest BCUT2D eigenvalue weighted by molar-refractivity contribution is -0.127. The van der Waals surface area contributed by atoms with Gasteiger partial charge in [-0.3, -0.25) is 4.79 Å². The van der Waals surface area contributed by atoms with Gasteiger partial charge in [-0.2, -0.15) is 0 Å². The molecule has 22 heavy (non-hydrogen) atoms. The molecule has 0 aromatic heterocycles. The maximum Gasteiger partial charge on any atom is 0.223 e. The molecular weight excluding hydrogens is 274 g/mol. The second-order valence-electron chi connectivity index (χ2n) is 7.95. The van der Waals surface area contributed by atoms with E-state index in [1.807, 2.05) is 0 Å². The summed E-state index contributed by atoms with van der Waals surface area (Å²) < 4.78 is 0. The Hall–Kier alpha value is -0.570. The third kappa shape index (κ3) is 10.2. The zero-order chi connectivity index (χ0) is 17.2. The molecule has 132 valence electrons. The molecule has 3 heteroatoms. The minimum absolute atomic E-state index is 0.0486. The Bertz CT molecular complexity index is 305. The maximum absolute atomic E-state index is 12.2. The molecule has 1 atom stereocenters. The Kier molecular flexibility index (Phi) is 9.99. The second-order valence-corrected chi connectivity index (χ2v) is 7.95. The Morgan fingerprint density at radius 3 is 2.00 bits per heavy atom. The van der Waals surface area contributed by atoms with Gasteiger partial charge >= 0.3 is 0 Å². The monoisotopic (exact) mass is 313 g/mol. The van der Waals surface area contributed by atoms with Crippen molar-refractivity contribution in [2.24, 2.45) is 5.92 Å². The van der Waals surface area contributed by atoms with Crippen molar-refractivity contribution in [2.75, 3.05) is 0 Å². The second kappa shape index (κ2) is 10.3. The van der Waals surface area contributed by atoms with Crippen LogP contribution in [-0.2, 0) is 4.79 Å². The summed E-state index contributed by atoms with van der Waals surface area (Å²) in [6, 6.07) is 0. The van der Waals surface area contributed by atoms with Crippen molar-refractivity contribution in [3.8, 4) is 0 Å². The quantitative estimate of drug-likeness (QED) is 0.507. The standard InChI is InChI=1S/C19H39NO2/c1-7-9-11-12-14-16(13-10-8-2)19(5,6)20-17(21)15-18(3,4)22/h16,22H,7-15H2,1-6H3,(H,20,21). The van der Waals surface area contributed by atoms with E-state index in [-0.39, 0.29) is 17.9 Å². The zero-order valence-corrected chi connectivity index (χ0v) is 15.8. The smallest absolute Gasteiger partial charge is 0.223 e. The fourth-order valence-corrected chi connectivity index (χ4v) is 3.03. The zero-order valence-electron chi connectivity index (χ0n) is 15.8. The molecule has 0 saturated heterocycles. The molecule has 0 aliphatic rings. The highest BCUT2D eigenvalue weighted by atomic mass is 16.3. The van der Waals surface area contributed by atoms with Crippen molar-refractivity contribution in [3.05, 3.63) is 0 Å². The normalized spacial score (nSPS) is 14.0. The number of hydrogen-bond donors (Lipinski definition) is 2. The average molecular weight is 314 g/mol. The van der Waals surface area contributed by atoms with E-state index >= 15 is 0 Å². The predicted molar refractivity (Wildman–Crippen MR) is 94.9 cm³/mol. The summed E-state index contributed by atoms with van der Waals surface area (Å²) >= 11 is 0. The van der Waals surface area contributed by atoms with Crippen LogP contribution in [0.25, 0.3) is 0 Å². The summed E-state index contributed by atoms with van der Waals surface area (Å²) in [7, 11) is 0. The van der Waals surface area contributed by atoms with Crippen LogP contribution in [0.1, 0.15) is 99.3 Å². The van der Waals surface area contributed by atoms with Crippen LogP contribution in [0.2, 0.25) is 0 Å². The van der Waals surface area contributed by atoms with Crippen LogP contribution in [-0.4, -0.2) is 22.2 Å². The number of nitrogens with one attached hydrogen (secondary N) is 1. The van der Waals surface area contributed by atoms with E-state index in [0.717, 1.165) is 0 Å². The summed E-state index contributed by atoms with van der Waals surface area (Å²) in [4.78, 5) is 12.2. The van der Waals surface area contributed by atoms with Gasteiger partial charge in [0.2, 0.25) is 5.91 Å². The molecule has 0 bridgehead atoms. The first-order valence-corrected chi connectivity index (χ1v) is 9.15. The number of rotatable bonds is 12. The molecule has 0 aliphatic carbocycles. The number of carbonyl (C=O) groups excluding carboxylic acids is 1. The summed E-state index contributed by atoms with van der Waals surface area (Å²) in [5.74, 6) is 0.461. The van der Waals surface area contributed by atoms with E-state index in [1.54, 1.807) is 13.8 Å². The molecule has 0 spiro atoms. The first-order chi connectivity index (χ1) is 10.1. The Morgan fingerprint density at radius 1 is 0.955 bits per heavy atom. The molecule has 0 aromatic carbocycles. The number of carbonyl (C=O) groups is 1. The van der Waals surface area contributed by atoms with Crippen molar-refractivity contribution in [2.45, 2.75) is 110 Å². The molecular formula is C19H39NO2. The SMILES string of the molecule is CCCCCCC(CCCC)C(C)(C)NC(=O)CC(C)(C)O. The van der Waals surface area contributed by atoms with Crippen molar-refractivity contribution in [1.82, 2.24) is 5.32 Å². The largest absolute Gasteiger partial charge is 0.390 e. The lowest BCUT2D eigenvalue weighted by atomic mass is 9.79. The van der Waals surface area contributed by atoms with E-state index < -0.39 is 5.60 Å². The van der Waals surface area contributed by atoms with Gasteiger partial charge in [0.25, 0.3) is 0 Å². The number of aliphatic hydroxyl groups is 1. The van der Waals surface area contributed by atoms with Crippen molar-refractivity contribution in [3.63, 3.8) is 0 Å². The van der Waals surface area contributed by atoms with Gasteiger partial charge in [0.05, 0.1) is 12.0 Å². The Labute approximate surface area is 138 Å². The number of unbranched alkanes of at least 4 members (excludes halogenated alkanes) is 4. The molecule has 0 rings (SSSR count). The van der Waals surface area contributed by atoms with Crippen molar-refractivity contribution < 1.29 is 9.90 Å². The van der Waals surface area contributed by atoms with E-state index in [1.165, 1.54) is 51.4 Å². The topological polar surface area (TPSA) is 49.3 Å². The van der Waals surface area contributed by atoms with Crippen LogP contribution < -0.4 is 5.32 Å². The van der Waals surface area contributed by atoms with E-state index in [9.17, 15) is 9.90 Å². The van der Waals surface area contributed by atoms with Gasteiger partial charge in [0.1, 0.15) is 0 Å². The van der Waals surface area contributed by atoms with E-state index in [4.69, 9.17) is 0 Å². The van der Waals surface area contributed by atoms with E-state index in [0.29, 0.717) is 5.92 Å². The summed E-state index contributed by atoms with van der Waals surface area (Å²) in [5, 5.41) is 13.0. The summed E-state index contributed by atoms with van der Waals surface area (Å²) in [6.07, 6.45) is 9.99. The fraction of sp³-hybridized carbons (Fsp3) is 0.947. The van der Waals surface area contributed by atoms with Crippen molar-refractivity contribution in [1.29, 1.82) is 0 Å². The van der Waals surface area contributed by atoms with Gasteiger partial charge in [-0.15, -0.1) is 0 Å². The minimum atomic E-state index is -0.944. The number of hydrogen-bond acceptors (Lipinski definition) is 2. The Morgan fingerprint density at radius 2 is 1.50 bits per heavy atom. The maximum atomic E-state index is 12.2. The number of amides is 1. The predicted octanol–water partition coefficient (Wildman–Crippen LogP) is 4.82. The molecule has 0 fully saturated rings. The first kappa shape index (κ1) is 21.4. The van der Waals surface area contributed by atoms with Gasteiger partial charge < -0.3 is 10.4 Å². The molecule has 0 aliphatic heterocycles. The first-order valence-electron chi connectivity index (χ1n) is 9.15. The van der Waals surface area contributed by atoms with Crippen molar-refractivity contribution >= 4 is 5.91 Å². The molecule has 0 heterocycles. The molecule has 1 amide bonds. The van der Waals surface area contributed by atoms with Gasteiger partial charge in [-0.05, 0) is 46.5 Å². The van der Waals surface area contributed by atoms with Crippen LogP contribution in [0.3, 0.4) is 0 Å². The lowest BCUT2D eigenvalue weighted by Gasteiger charge is -2.36. The minimum Gasteiger partial charge on any atom is -0.390 e. The van der Waals surface area contributed by atoms with Crippen LogP contribution in [0.5, 0.6) is 0 Å². The average Bonchev–Trinajstić information content (AvgIpc) is 2.34. The molecule has 2 N–H and O–H groups in total. The van der Waals surface area contributed by atoms with Crippen LogP contribution in [0, 0.1) is 5.92 Å².